The summed E-state index contributed by atoms with van der Waals surface area (Å²) in [4.78, 5) is 11.9. The molecule has 0 bridgehead atoms. The Balaban J connectivity index is 2.49. The number of hydrogen-bond acceptors (Lipinski definition) is 6. The summed E-state index contributed by atoms with van der Waals surface area (Å²) in [7, 11) is -2.69. The lowest BCUT2D eigenvalue weighted by Gasteiger charge is -2.24. The smallest absolute Gasteiger partial charge is 0.326 e. The van der Waals surface area contributed by atoms with Crippen molar-refractivity contribution < 1.29 is 22.7 Å². The summed E-state index contributed by atoms with van der Waals surface area (Å²) in [6, 6.07) is 12.4. The van der Waals surface area contributed by atoms with Gasteiger partial charge in [0.2, 0.25) is 0 Å². The third-order valence-corrected chi connectivity index (χ3v) is 5.86. The van der Waals surface area contributed by atoms with E-state index in [2.05, 4.69) is 0 Å². The van der Waals surface area contributed by atoms with Crippen molar-refractivity contribution in [3.05, 3.63) is 53.1 Å². The monoisotopic (exact) mass is 422 g/mol. The number of sulfonamides is 1. The van der Waals surface area contributed by atoms with Crippen LogP contribution in [0.3, 0.4) is 0 Å². The van der Waals surface area contributed by atoms with Crippen LogP contribution in [-0.4, -0.2) is 34.6 Å². The highest BCUT2D eigenvalue weighted by Crippen LogP contribution is 2.30. The van der Waals surface area contributed by atoms with Crippen LogP contribution in [0.25, 0.3) is 0 Å². The Bertz CT molecular complexity index is 984. The van der Waals surface area contributed by atoms with Gasteiger partial charge in [0.1, 0.15) is 12.3 Å². The maximum Gasteiger partial charge on any atom is 0.326 e. The van der Waals surface area contributed by atoms with Crippen molar-refractivity contribution in [1.29, 1.82) is 5.26 Å². The first-order valence-corrected chi connectivity index (χ1v) is 10.1. The number of carbonyl (C=O) groups excluding carboxylic acids is 1. The summed E-state index contributed by atoms with van der Waals surface area (Å²) < 4.78 is 37.3. The topological polar surface area (TPSA) is 96.7 Å². The number of halogens is 1. The van der Waals surface area contributed by atoms with Crippen LogP contribution in [0.15, 0.2) is 47.4 Å². The molecule has 148 valence electrons. The molecule has 0 aliphatic carbocycles. The Hall–Kier alpha value is -2.76. The number of nitrogens with zero attached hydrogens (tertiary/aromatic N) is 2. The predicted octanol–water partition coefficient (Wildman–Crippen LogP) is 3.17. The van der Waals surface area contributed by atoms with Gasteiger partial charge in [0, 0.05) is 0 Å². The molecule has 0 unspecified atom stereocenters. The molecule has 0 spiro atoms. The van der Waals surface area contributed by atoms with Crippen molar-refractivity contribution >= 4 is 33.3 Å². The quantitative estimate of drug-likeness (QED) is 0.606. The maximum absolute atomic E-state index is 13.2. The maximum atomic E-state index is 13.2. The summed E-state index contributed by atoms with van der Waals surface area (Å²) >= 11 is 6.07. The zero-order chi connectivity index (χ0) is 20.7. The van der Waals surface area contributed by atoms with Crippen LogP contribution in [0.4, 0.5) is 5.69 Å². The number of rotatable bonds is 8. The highest BCUT2D eigenvalue weighted by atomic mass is 35.5. The van der Waals surface area contributed by atoms with Crippen molar-refractivity contribution in [2.45, 2.75) is 18.2 Å². The molecule has 2 aromatic carbocycles. The third kappa shape index (κ3) is 4.94. The molecule has 9 heteroatoms. The summed E-state index contributed by atoms with van der Waals surface area (Å²) in [6.07, 6.45) is 0.193. The van der Waals surface area contributed by atoms with Crippen LogP contribution in [0.1, 0.15) is 12.5 Å². The zero-order valence-corrected chi connectivity index (χ0v) is 17.0. The number of benzene rings is 2. The molecule has 0 heterocycles. The van der Waals surface area contributed by atoms with E-state index < -0.39 is 22.5 Å². The van der Waals surface area contributed by atoms with E-state index in [9.17, 15) is 13.2 Å². The highest BCUT2D eigenvalue weighted by molar-refractivity contribution is 7.92. The Morgan fingerprint density at radius 3 is 2.43 bits per heavy atom. The summed E-state index contributed by atoms with van der Waals surface area (Å²) in [5.74, 6) is -0.356. The van der Waals surface area contributed by atoms with E-state index >= 15 is 0 Å². The van der Waals surface area contributed by atoms with Crippen LogP contribution in [0, 0.1) is 11.3 Å². The van der Waals surface area contributed by atoms with Crippen LogP contribution < -0.4 is 9.04 Å². The summed E-state index contributed by atoms with van der Waals surface area (Å²) in [5, 5.41) is 8.91. The number of anilines is 1. The first-order valence-electron chi connectivity index (χ1n) is 8.31. The number of methoxy groups -OCH3 is 1. The van der Waals surface area contributed by atoms with Gasteiger partial charge >= 0.3 is 5.97 Å². The minimum atomic E-state index is -4.11. The lowest BCUT2D eigenvalue weighted by Crippen LogP contribution is -2.36. The molecule has 0 aliphatic rings. The van der Waals surface area contributed by atoms with Gasteiger partial charge in [-0.2, -0.15) is 5.26 Å². The van der Waals surface area contributed by atoms with Crippen molar-refractivity contribution in [2.75, 3.05) is 24.6 Å². The van der Waals surface area contributed by atoms with E-state index in [0.29, 0.717) is 5.75 Å². The molecule has 0 N–H and O–H groups in total. The van der Waals surface area contributed by atoms with Gasteiger partial charge in [0.25, 0.3) is 10.0 Å². The fourth-order valence-electron chi connectivity index (χ4n) is 2.45. The molecule has 0 atom stereocenters. The van der Waals surface area contributed by atoms with Crippen LogP contribution in [-0.2, 0) is 26.0 Å². The van der Waals surface area contributed by atoms with Gasteiger partial charge in [0.15, 0.2) is 0 Å². The van der Waals surface area contributed by atoms with E-state index in [1.54, 1.807) is 19.1 Å². The van der Waals surface area contributed by atoms with E-state index in [1.807, 2.05) is 6.07 Å². The predicted molar refractivity (Wildman–Crippen MR) is 105 cm³/mol. The van der Waals surface area contributed by atoms with Gasteiger partial charge < -0.3 is 9.47 Å². The van der Waals surface area contributed by atoms with Crippen LogP contribution >= 0.6 is 11.6 Å². The van der Waals surface area contributed by atoms with Crippen LogP contribution in [0.5, 0.6) is 5.75 Å². The highest BCUT2D eigenvalue weighted by Gasteiger charge is 2.28. The van der Waals surface area contributed by atoms with Crippen molar-refractivity contribution in [3.8, 4) is 11.8 Å². The summed E-state index contributed by atoms with van der Waals surface area (Å²) in [6.45, 7) is 1.26. The normalized spacial score (nSPS) is 10.8. The molecule has 0 fully saturated rings. The molecule has 2 aromatic rings. The first-order chi connectivity index (χ1) is 13.3. The molecule has 0 aromatic heterocycles. The molecule has 0 aliphatic heterocycles. The van der Waals surface area contributed by atoms with E-state index in [4.69, 9.17) is 26.3 Å². The lowest BCUT2D eigenvalue weighted by atomic mass is 10.1. The molecule has 28 heavy (non-hydrogen) atoms. The van der Waals surface area contributed by atoms with Crippen molar-refractivity contribution in [1.82, 2.24) is 0 Å². The number of carbonyl (C=O) groups is 1. The Kier molecular flexibility index (Phi) is 7.26. The average molecular weight is 423 g/mol. The molecule has 0 radical (unpaired) electrons. The fourth-order valence-corrected chi connectivity index (χ4v) is 4.20. The van der Waals surface area contributed by atoms with Gasteiger partial charge in [-0.05, 0) is 42.8 Å². The SMILES string of the molecule is CCOC(=O)CN(c1ccc(CC#N)cc1)S(=O)(=O)c1ccc(OC)c(Cl)c1. The number of hydrogen-bond donors (Lipinski definition) is 0. The van der Waals surface area contributed by atoms with E-state index in [0.717, 1.165) is 9.87 Å². The Morgan fingerprint density at radius 2 is 1.89 bits per heavy atom. The molecular formula is C19H19ClN2O5S. The average Bonchev–Trinajstić information content (AvgIpc) is 2.67. The first kappa shape index (κ1) is 21.5. The number of esters is 1. The second kappa shape index (κ2) is 9.44. The zero-order valence-electron chi connectivity index (χ0n) is 15.4. The second-order valence-electron chi connectivity index (χ2n) is 5.61. The van der Waals surface area contributed by atoms with E-state index in [-0.39, 0.29) is 28.6 Å². The van der Waals surface area contributed by atoms with Gasteiger partial charge in [-0.3, -0.25) is 9.10 Å². The second-order valence-corrected chi connectivity index (χ2v) is 7.88. The van der Waals surface area contributed by atoms with Gasteiger partial charge in [0.05, 0.1) is 41.8 Å². The van der Waals surface area contributed by atoms with Gasteiger partial charge in [-0.15, -0.1) is 0 Å². The van der Waals surface area contributed by atoms with Gasteiger partial charge in [-0.1, -0.05) is 23.7 Å². The van der Waals surface area contributed by atoms with Gasteiger partial charge in [-0.25, -0.2) is 8.42 Å². The van der Waals surface area contributed by atoms with Crippen molar-refractivity contribution in [2.24, 2.45) is 0 Å². The lowest BCUT2D eigenvalue weighted by molar-refractivity contribution is -0.141. The molecule has 7 nitrogen and oxygen atoms in total. The molecule has 0 saturated carbocycles. The fraction of sp³-hybridized carbons (Fsp3) is 0.263. The molecular weight excluding hydrogens is 404 g/mol. The minimum absolute atomic E-state index is 0.0938. The standard InChI is InChI=1S/C19H19ClN2O5S/c1-3-27-19(23)13-22(15-6-4-14(5-7-15)10-11-21)28(24,25)16-8-9-18(26-2)17(20)12-16/h4-9,12H,3,10,13H2,1-2H3. The molecule has 2 rings (SSSR count). The Morgan fingerprint density at radius 1 is 1.21 bits per heavy atom. The molecule has 0 saturated heterocycles. The third-order valence-electron chi connectivity index (χ3n) is 3.80. The largest absolute Gasteiger partial charge is 0.495 e. The summed E-state index contributed by atoms with van der Waals surface area (Å²) in [5.41, 5.74) is 0.994. The minimum Gasteiger partial charge on any atom is -0.495 e. The van der Waals surface area contributed by atoms with Crippen LogP contribution in [0.2, 0.25) is 5.02 Å². The molecule has 0 amide bonds. The number of nitriles is 1. The van der Waals surface area contributed by atoms with Crippen molar-refractivity contribution in [3.63, 3.8) is 0 Å². The van der Waals surface area contributed by atoms with E-state index in [1.165, 1.54) is 37.4 Å². The Labute approximate surface area is 169 Å². The number of ether oxygens (including phenoxy) is 2.